The van der Waals surface area contributed by atoms with Crippen molar-refractivity contribution in [1.29, 1.82) is 0 Å². The van der Waals surface area contributed by atoms with E-state index in [1.807, 2.05) is 7.05 Å². The maximum absolute atomic E-state index is 14.0. The third-order valence-electron chi connectivity index (χ3n) is 5.00. The zero-order valence-electron chi connectivity index (χ0n) is 13.0. The van der Waals surface area contributed by atoms with Gasteiger partial charge >= 0.3 is 0 Å². The summed E-state index contributed by atoms with van der Waals surface area (Å²) < 4.78 is 42.9. The van der Waals surface area contributed by atoms with E-state index in [1.165, 1.54) is 5.69 Å². The van der Waals surface area contributed by atoms with E-state index >= 15 is 0 Å². The molecule has 1 unspecified atom stereocenters. The first kappa shape index (κ1) is 14.6. The fraction of sp³-hybridized carbons (Fsp3) is 0.471. The number of imidazole rings is 1. The summed E-state index contributed by atoms with van der Waals surface area (Å²) in [4.78, 5) is 6.85. The molecule has 2 aromatic rings. The Morgan fingerprint density at radius 1 is 1.09 bits per heavy atom. The van der Waals surface area contributed by atoms with Crippen LogP contribution in [0.5, 0.6) is 0 Å². The Labute approximate surface area is 132 Å². The van der Waals surface area contributed by atoms with Gasteiger partial charge in [0.15, 0.2) is 11.6 Å². The van der Waals surface area contributed by atoms with Crippen molar-refractivity contribution < 1.29 is 13.2 Å². The number of fused-ring (bicyclic) bond motifs is 3. The fourth-order valence-corrected chi connectivity index (χ4v) is 3.82. The highest BCUT2D eigenvalue weighted by molar-refractivity contribution is 5.40. The van der Waals surface area contributed by atoms with Crippen molar-refractivity contribution in [3.05, 3.63) is 46.5 Å². The third kappa shape index (κ3) is 2.31. The van der Waals surface area contributed by atoms with Crippen molar-refractivity contribution in [2.75, 3.05) is 18.5 Å². The molecule has 0 N–H and O–H groups in total. The van der Waals surface area contributed by atoms with Crippen LogP contribution >= 0.6 is 0 Å². The van der Waals surface area contributed by atoms with Crippen LogP contribution in [0, 0.1) is 17.5 Å². The number of halogens is 3. The average molecular weight is 321 g/mol. The molecular weight excluding hydrogens is 303 g/mol. The van der Waals surface area contributed by atoms with Crippen LogP contribution in [0.25, 0.3) is 0 Å². The Bertz CT molecular complexity index is 769. The van der Waals surface area contributed by atoms with Crippen LogP contribution in [0.4, 0.5) is 19.1 Å². The summed E-state index contributed by atoms with van der Waals surface area (Å²) in [6.45, 7) is 1.95. The van der Waals surface area contributed by atoms with Gasteiger partial charge in [-0.2, -0.15) is 0 Å². The molecule has 122 valence electrons. The molecule has 1 aliphatic carbocycles. The predicted molar refractivity (Wildman–Crippen MR) is 81.2 cm³/mol. The number of anilines is 1. The summed E-state index contributed by atoms with van der Waals surface area (Å²) in [5, 5.41) is 0. The summed E-state index contributed by atoms with van der Waals surface area (Å²) in [6, 6.07) is 1.65. The van der Waals surface area contributed by atoms with Gasteiger partial charge in [-0.15, -0.1) is 0 Å². The SMILES string of the molecule is CN1CCCn2c1nc1c2CCC(c2cc(F)c(F)cc2F)C1. The van der Waals surface area contributed by atoms with Gasteiger partial charge in [-0.25, -0.2) is 18.2 Å². The second-order valence-corrected chi connectivity index (χ2v) is 6.46. The number of hydrogen-bond donors (Lipinski definition) is 0. The van der Waals surface area contributed by atoms with Gasteiger partial charge in [0.25, 0.3) is 0 Å². The van der Waals surface area contributed by atoms with Crippen LogP contribution in [0.1, 0.15) is 35.7 Å². The quantitative estimate of drug-likeness (QED) is 0.751. The fourth-order valence-electron chi connectivity index (χ4n) is 3.82. The van der Waals surface area contributed by atoms with Gasteiger partial charge in [0.05, 0.1) is 5.69 Å². The van der Waals surface area contributed by atoms with Crippen molar-refractivity contribution in [3.63, 3.8) is 0 Å². The minimum atomic E-state index is -1.14. The Morgan fingerprint density at radius 3 is 2.70 bits per heavy atom. The molecular formula is C17H18F3N3. The second-order valence-electron chi connectivity index (χ2n) is 6.46. The van der Waals surface area contributed by atoms with E-state index in [4.69, 9.17) is 4.98 Å². The highest BCUT2D eigenvalue weighted by Crippen LogP contribution is 2.37. The van der Waals surface area contributed by atoms with Crippen molar-refractivity contribution in [2.24, 2.45) is 0 Å². The van der Waals surface area contributed by atoms with Crippen LogP contribution in [-0.2, 0) is 19.4 Å². The lowest BCUT2D eigenvalue weighted by Gasteiger charge is -2.27. The number of nitrogens with zero attached hydrogens (tertiary/aromatic N) is 3. The molecule has 23 heavy (non-hydrogen) atoms. The summed E-state index contributed by atoms with van der Waals surface area (Å²) in [5.41, 5.74) is 2.44. The summed E-state index contributed by atoms with van der Waals surface area (Å²) in [7, 11) is 2.02. The van der Waals surface area contributed by atoms with E-state index in [9.17, 15) is 13.2 Å². The molecule has 1 aromatic carbocycles. The van der Waals surface area contributed by atoms with E-state index in [1.54, 1.807) is 0 Å². The number of aromatic nitrogens is 2. The number of hydrogen-bond acceptors (Lipinski definition) is 2. The lowest BCUT2D eigenvalue weighted by molar-refractivity contribution is 0.470. The van der Waals surface area contributed by atoms with Gasteiger partial charge < -0.3 is 9.47 Å². The molecule has 1 aliphatic heterocycles. The van der Waals surface area contributed by atoms with E-state index in [0.29, 0.717) is 12.5 Å². The molecule has 0 spiro atoms. The van der Waals surface area contributed by atoms with E-state index < -0.39 is 17.5 Å². The molecule has 4 rings (SSSR count). The Kier molecular flexibility index (Phi) is 3.36. The minimum Gasteiger partial charge on any atom is -0.345 e. The Morgan fingerprint density at radius 2 is 1.87 bits per heavy atom. The van der Waals surface area contributed by atoms with E-state index in [0.717, 1.165) is 50.1 Å². The molecule has 6 heteroatoms. The molecule has 0 bridgehead atoms. The topological polar surface area (TPSA) is 21.1 Å². The Balaban J connectivity index is 1.68. The zero-order valence-corrected chi connectivity index (χ0v) is 13.0. The minimum absolute atomic E-state index is 0.153. The highest BCUT2D eigenvalue weighted by atomic mass is 19.2. The van der Waals surface area contributed by atoms with Crippen molar-refractivity contribution in [2.45, 2.75) is 38.1 Å². The van der Waals surface area contributed by atoms with Gasteiger partial charge in [-0.05, 0) is 43.2 Å². The average Bonchev–Trinajstić information content (AvgIpc) is 2.90. The highest BCUT2D eigenvalue weighted by Gasteiger charge is 2.30. The second kappa shape index (κ2) is 5.28. The molecule has 2 aliphatic rings. The van der Waals surface area contributed by atoms with Gasteiger partial charge in [0, 0.05) is 31.9 Å². The third-order valence-corrected chi connectivity index (χ3v) is 5.00. The molecule has 1 aromatic heterocycles. The molecule has 3 nitrogen and oxygen atoms in total. The van der Waals surface area contributed by atoms with Crippen molar-refractivity contribution >= 4 is 5.95 Å². The van der Waals surface area contributed by atoms with Crippen LogP contribution in [0.2, 0.25) is 0 Å². The Hall–Kier alpha value is -1.98. The van der Waals surface area contributed by atoms with Crippen LogP contribution in [0.15, 0.2) is 12.1 Å². The van der Waals surface area contributed by atoms with Gasteiger partial charge in [0.1, 0.15) is 5.82 Å². The maximum Gasteiger partial charge on any atom is 0.205 e. The molecule has 0 saturated carbocycles. The summed E-state index contributed by atoms with van der Waals surface area (Å²) >= 11 is 0. The predicted octanol–water partition coefficient (Wildman–Crippen LogP) is 3.41. The summed E-state index contributed by atoms with van der Waals surface area (Å²) in [5.74, 6) is -1.98. The van der Waals surface area contributed by atoms with E-state index in [2.05, 4.69) is 9.47 Å². The molecule has 0 saturated heterocycles. The standard InChI is InChI=1S/C17H18F3N3/c1-22-5-2-6-23-16-4-3-10(7-15(16)21-17(22)23)11-8-13(19)14(20)9-12(11)18/h8-10H,2-7H2,1H3. The van der Waals surface area contributed by atoms with Crippen LogP contribution in [-0.4, -0.2) is 23.1 Å². The maximum atomic E-state index is 14.0. The van der Waals surface area contributed by atoms with Crippen molar-refractivity contribution in [3.8, 4) is 0 Å². The monoisotopic (exact) mass is 321 g/mol. The molecule has 0 radical (unpaired) electrons. The first-order chi connectivity index (χ1) is 11.0. The van der Waals surface area contributed by atoms with Gasteiger partial charge in [-0.3, -0.25) is 0 Å². The van der Waals surface area contributed by atoms with Crippen molar-refractivity contribution in [1.82, 2.24) is 9.55 Å². The van der Waals surface area contributed by atoms with E-state index in [-0.39, 0.29) is 11.5 Å². The lowest BCUT2D eigenvalue weighted by Crippen LogP contribution is -2.29. The largest absolute Gasteiger partial charge is 0.345 e. The summed E-state index contributed by atoms with van der Waals surface area (Å²) in [6.07, 6.45) is 3.18. The molecule has 2 heterocycles. The number of benzene rings is 1. The first-order valence-corrected chi connectivity index (χ1v) is 7.98. The molecule has 0 fully saturated rings. The lowest BCUT2D eigenvalue weighted by atomic mass is 9.84. The zero-order chi connectivity index (χ0) is 16.1. The smallest absolute Gasteiger partial charge is 0.205 e. The van der Waals surface area contributed by atoms with Gasteiger partial charge in [0.2, 0.25) is 5.95 Å². The van der Waals surface area contributed by atoms with Crippen LogP contribution in [0.3, 0.4) is 0 Å². The molecule has 0 amide bonds. The normalized spacial score (nSPS) is 20.3. The number of rotatable bonds is 1. The van der Waals surface area contributed by atoms with Crippen LogP contribution < -0.4 is 4.90 Å². The van der Waals surface area contributed by atoms with Gasteiger partial charge in [-0.1, -0.05) is 0 Å². The first-order valence-electron chi connectivity index (χ1n) is 7.98. The molecule has 1 atom stereocenters.